The average Bonchev–Trinajstić information content (AvgIpc) is 2.42. The molecule has 2 rings (SSSR count). The first-order valence-corrected chi connectivity index (χ1v) is 6.31. The number of esters is 1. The standard InChI is InChI=1S/C14H19NO3/c1-17-14(16)10-11-4-2-3-5-13(11)18-12-6-8-15-9-7-12/h2-5,12,15H,6-10H2,1H3. The number of carbonyl (C=O) groups excluding carboxylic acids is 1. The highest BCUT2D eigenvalue weighted by Gasteiger charge is 2.16. The van der Waals surface area contributed by atoms with Crippen molar-refractivity contribution in [3.8, 4) is 5.75 Å². The fourth-order valence-electron chi connectivity index (χ4n) is 2.09. The van der Waals surface area contributed by atoms with E-state index in [-0.39, 0.29) is 18.5 Å². The molecule has 1 aliphatic rings. The van der Waals surface area contributed by atoms with E-state index in [4.69, 9.17) is 9.47 Å². The molecular formula is C14H19NO3. The highest BCUT2D eigenvalue weighted by atomic mass is 16.5. The normalized spacial score (nSPS) is 16.3. The molecule has 1 aromatic rings. The highest BCUT2D eigenvalue weighted by molar-refractivity contribution is 5.73. The minimum atomic E-state index is -0.239. The molecule has 0 aromatic heterocycles. The van der Waals surface area contributed by atoms with Crippen molar-refractivity contribution in [2.75, 3.05) is 20.2 Å². The zero-order valence-corrected chi connectivity index (χ0v) is 10.6. The average molecular weight is 249 g/mol. The van der Waals surface area contributed by atoms with Crippen LogP contribution in [0.1, 0.15) is 18.4 Å². The minimum Gasteiger partial charge on any atom is -0.490 e. The second kappa shape index (κ2) is 6.40. The smallest absolute Gasteiger partial charge is 0.310 e. The first kappa shape index (κ1) is 12.9. The van der Waals surface area contributed by atoms with Gasteiger partial charge in [0.1, 0.15) is 11.9 Å². The molecule has 0 bridgehead atoms. The lowest BCUT2D eigenvalue weighted by Gasteiger charge is -2.24. The molecule has 1 aliphatic heterocycles. The van der Waals surface area contributed by atoms with Crippen molar-refractivity contribution in [3.63, 3.8) is 0 Å². The van der Waals surface area contributed by atoms with E-state index in [0.29, 0.717) is 0 Å². The number of methoxy groups -OCH3 is 1. The maximum Gasteiger partial charge on any atom is 0.310 e. The topological polar surface area (TPSA) is 47.6 Å². The fraction of sp³-hybridized carbons (Fsp3) is 0.500. The van der Waals surface area contributed by atoms with Crippen LogP contribution >= 0.6 is 0 Å². The highest BCUT2D eigenvalue weighted by Crippen LogP contribution is 2.22. The van der Waals surface area contributed by atoms with E-state index in [1.165, 1.54) is 7.11 Å². The van der Waals surface area contributed by atoms with Crippen LogP contribution in [-0.4, -0.2) is 32.3 Å². The van der Waals surface area contributed by atoms with Gasteiger partial charge in [0, 0.05) is 5.56 Å². The summed E-state index contributed by atoms with van der Waals surface area (Å²) >= 11 is 0. The van der Waals surface area contributed by atoms with Crippen LogP contribution in [0.15, 0.2) is 24.3 Å². The minimum absolute atomic E-state index is 0.239. The SMILES string of the molecule is COC(=O)Cc1ccccc1OC1CCNCC1. The van der Waals surface area contributed by atoms with Crippen molar-refractivity contribution >= 4 is 5.97 Å². The first-order valence-electron chi connectivity index (χ1n) is 6.31. The summed E-state index contributed by atoms with van der Waals surface area (Å²) < 4.78 is 10.7. The summed E-state index contributed by atoms with van der Waals surface area (Å²) in [4.78, 5) is 11.3. The Balaban J connectivity index is 2.04. The Morgan fingerprint density at radius 1 is 1.33 bits per heavy atom. The molecule has 0 amide bonds. The zero-order chi connectivity index (χ0) is 12.8. The van der Waals surface area contributed by atoms with Crippen LogP contribution in [-0.2, 0) is 16.0 Å². The van der Waals surface area contributed by atoms with E-state index >= 15 is 0 Å². The summed E-state index contributed by atoms with van der Waals surface area (Å²) in [7, 11) is 1.40. The van der Waals surface area contributed by atoms with Gasteiger partial charge in [-0.05, 0) is 32.0 Å². The number of carbonyl (C=O) groups is 1. The quantitative estimate of drug-likeness (QED) is 0.822. The number of hydrogen-bond acceptors (Lipinski definition) is 4. The van der Waals surface area contributed by atoms with Gasteiger partial charge < -0.3 is 14.8 Å². The lowest BCUT2D eigenvalue weighted by atomic mass is 10.1. The molecule has 0 atom stereocenters. The molecule has 98 valence electrons. The number of nitrogens with one attached hydrogen (secondary N) is 1. The number of para-hydroxylation sites is 1. The van der Waals surface area contributed by atoms with E-state index in [2.05, 4.69) is 5.32 Å². The van der Waals surface area contributed by atoms with Gasteiger partial charge >= 0.3 is 5.97 Å². The molecule has 0 aliphatic carbocycles. The predicted molar refractivity (Wildman–Crippen MR) is 68.7 cm³/mol. The van der Waals surface area contributed by atoms with Gasteiger partial charge in [-0.1, -0.05) is 18.2 Å². The van der Waals surface area contributed by atoms with Crippen molar-refractivity contribution in [2.24, 2.45) is 0 Å². The lowest BCUT2D eigenvalue weighted by molar-refractivity contribution is -0.139. The molecule has 4 nitrogen and oxygen atoms in total. The van der Waals surface area contributed by atoms with E-state index in [0.717, 1.165) is 37.2 Å². The summed E-state index contributed by atoms with van der Waals surface area (Å²) in [6.45, 7) is 1.98. The molecule has 1 aromatic carbocycles. The van der Waals surface area contributed by atoms with Crippen molar-refractivity contribution in [1.29, 1.82) is 0 Å². The maximum absolute atomic E-state index is 11.3. The predicted octanol–water partition coefficient (Wildman–Crippen LogP) is 1.53. The van der Waals surface area contributed by atoms with Gasteiger partial charge in [-0.15, -0.1) is 0 Å². The van der Waals surface area contributed by atoms with E-state index < -0.39 is 0 Å². The van der Waals surface area contributed by atoms with Crippen LogP contribution in [0, 0.1) is 0 Å². The zero-order valence-electron chi connectivity index (χ0n) is 10.6. The monoisotopic (exact) mass is 249 g/mol. The number of hydrogen-bond donors (Lipinski definition) is 1. The van der Waals surface area contributed by atoms with Gasteiger partial charge in [-0.25, -0.2) is 0 Å². The maximum atomic E-state index is 11.3. The molecule has 18 heavy (non-hydrogen) atoms. The van der Waals surface area contributed by atoms with Crippen LogP contribution in [0.2, 0.25) is 0 Å². The van der Waals surface area contributed by atoms with Gasteiger partial charge in [-0.2, -0.15) is 0 Å². The number of piperidine rings is 1. The van der Waals surface area contributed by atoms with Crippen LogP contribution in [0.25, 0.3) is 0 Å². The molecular weight excluding hydrogens is 230 g/mol. The Bertz CT molecular complexity index is 400. The molecule has 0 radical (unpaired) electrons. The van der Waals surface area contributed by atoms with Gasteiger partial charge in [0.2, 0.25) is 0 Å². The van der Waals surface area contributed by atoms with Crippen molar-refractivity contribution in [2.45, 2.75) is 25.4 Å². The van der Waals surface area contributed by atoms with Crippen molar-refractivity contribution in [1.82, 2.24) is 5.32 Å². The van der Waals surface area contributed by atoms with Crippen LogP contribution in [0.4, 0.5) is 0 Å². The Kier molecular flexibility index (Phi) is 4.59. The second-order valence-electron chi connectivity index (χ2n) is 4.43. The fourth-order valence-corrected chi connectivity index (χ4v) is 2.09. The molecule has 4 heteroatoms. The number of ether oxygens (including phenoxy) is 2. The summed E-state index contributed by atoms with van der Waals surface area (Å²) in [5.74, 6) is 0.561. The number of benzene rings is 1. The molecule has 0 unspecified atom stereocenters. The van der Waals surface area contributed by atoms with Crippen molar-refractivity contribution < 1.29 is 14.3 Å². The van der Waals surface area contributed by atoms with Gasteiger partial charge in [0.05, 0.1) is 13.5 Å². The molecule has 0 spiro atoms. The van der Waals surface area contributed by atoms with E-state index in [1.54, 1.807) is 0 Å². The molecule has 1 fully saturated rings. The van der Waals surface area contributed by atoms with Gasteiger partial charge in [0.15, 0.2) is 0 Å². The molecule has 1 saturated heterocycles. The Labute approximate surface area is 107 Å². The number of rotatable bonds is 4. The summed E-state index contributed by atoms with van der Waals surface area (Å²) in [5, 5.41) is 3.30. The van der Waals surface area contributed by atoms with Crippen molar-refractivity contribution in [3.05, 3.63) is 29.8 Å². The van der Waals surface area contributed by atoms with Gasteiger partial charge in [0.25, 0.3) is 0 Å². The summed E-state index contributed by atoms with van der Waals surface area (Å²) in [6.07, 6.45) is 2.52. The molecule has 1 N–H and O–H groups in total. The Morgan fingerprint density at radius 3 is 2.78 bits per heavy atom. The third kappa shape index (κ3) is 3.47. The largest absolute Gasteiger partial charge is 0.490 e. The Hall–Kier alpha value is -1.55. The van der Waals surface area contributed by atoms with Crippen LogP contribution in [0.3, 0.4) is 0 Å². The first-order chi connectivity index (χ1) is 8.79. The van der Waals surface area contributed by atoms with E-state index in [1.807, 2.05) is 24.3 Å². The Morgan fingerprint density at radius 2 is 2.06 bits per heavy atom. The van der Waals surface area contributed by atoms with E-state index in [9.17, 15) is 4.79 Å². The van der Waals surface area contributed by atoms with Crippen LogP contribution < -0.4 is 10.1 Å². The molecule has 0 saturated carbocycles. The molecule has 1 heterocycles. The second-order valence-corrected chi connectivity index (χ2v) is 4.43. The summed E-state index contributed by atoms with van der Waals surface area (Å²) in [6, 6.07) is 7.67. The third-order valence-corrected chi connectivity index (χ3v) is 3.11. The van der Waals surface area contributed by atoms with Crippen LogP contribution in [0.5, 0.6) is 5.75 Å². The third-order valence-electron chi connectivity index (χ3n) is 3.11. The van der Waals surface area contributed by atoms with Gasteiger partial charge in [-0.3, -0.25) is 4.79 Å². The lowest BCUT2D eigenvalue weighted by Crippen LogP contribution is -2.34. The summed E-state index contributed by atoms with van der Waals surface area (Å²) in [5.41, 5.74) is 0.892.